The zero-order chi connectivity index (χ0) is 19.4. The van der Waals surface area contributed by atoms with E-state index in [1.54, 1.807) is 0 Å². The minimum Gasteiger partial charge on any atom is -0.487 e. The van der Waals surface area contributed by atoms with Crippen LogP contribution in [0.3, 0.4) is 0 Å². The highest BCUT2D eigenvalue weighted by Gasteiger charge is 2.34. The maximum atomic E-state index is 10.6. The first-order chi connectivity index (χ1) is 12.9. The summed E-state index contributed by atoms with van der Waals surface area (Å²) >= 11 is 0. The number of hydrogen-bond acceptors (Lipinski definition) is 4. The van der Waals surface area contributed by atoms with Crippen LogP contribution in [0, 0.1) is 0 Å². The van der Waals surface area contributed by atoms with E-state index >= 15 is 0 Å². The number of nitrogens with two attached hydrogens (primary N) is 1. The average Bonchev–Trinajstić information content (AvgIpc) is 2.65. The molecule has 0 aromatic heterocycles. The number of rotatable bonds is 7. The first-order valence-corrected chi connectivity index (χ1v) is 9.91. The van der Waals surface area contributed by atoms with E-state index in [0.29, 0.717) is 13.0 Å². The highest BCUT2D eigenvalue weighted by molar-refractivity contribution is 5.42. The predicted octanol–water partition coefficient (Wildman–Crippen LogP) is 3.37. The second-order valence-electron chi connectivity index (χ2n) is 8.17. The molecule has 146 valence electrons. The van der Waals surface area contributed by atoms with Gasteiger partial charge >= 0.3 is 0 Å². The fourth-order valence-electron chi connectivity index (χ4n) is 3.74. The molecule has 4 heteroatoms. The molecule has 2 aromatic rings. The lowest BCUT2D eigenvalue weighted by Gasteiger charge is -2.38. The Morgan fingerprint density at radius 2 is 1.93 bits per heavy atom. The minimum absolute atomic E-state index is 0.147. The molecule has 0 aliphatic carbocycles. The van der Waals surface area contributed by atoms with Crippen molar-refractivity contribution >= 4 is 0 Å². The van der Waals surface area contributed by atoms with Crippen molar-refractivity contribution in [2.45, 2.75) is 63.8 Å². The standard InChI is InChI=1S/C23H32N2O2/c1-4-16-10-11-22-18(12-16)20(14-23(2,3)27-22)25-15-21(26)19(24)13-17-8-6-5-7-9-17/h5-12,19-21,25-26H,4,13-15,24H2,1-3H3/t19-,20?,21+/m0/s1. The molecule has 0 spiro atoms. The molecule has 3 atom stereocenters. The molecule has 0 radical (unpaired) electrons. The van der Waals surface area contributed by atoms with Gasteiger partial charge < -0.3 is 20.9 Å². The zero-order valence-electron chi connectivity index (χ0n) is 16.6. The maximum absolute atomic E-state index is 10.6. The molecular weight excluding hydrogens is 336 g/mol. The van der Waals surface area contributed by atoms with Crippen molar-refractivity contribution in [3.05, 3.63) is 65.2 Å². The van der Waals surface area contributed by atoms with E-state index in [9.17, 15) is 5.11 Å². The molecule has 0 bridgehead atoms. The number of fused-ring (bicyclic) bond motifs is 1. The van der Waals surface area contributed by atoms with Crippen LogP contribution in [0.2, 0.25) is 0 Å². The lowest BCUT2D eigenvalue weighted by atomic mass is 9.88. The van der Waals surface area contributed by atoms with E-state index in [1.807, 2.05) is 30.3 Å². The summed E-state index contributed by atoms with van der Waals surface area (Å²) in [4.78, 5) is 0. The number of benzene rings is 2. The summed E-state index contributed by atoms with van der Waals surface area (Å²) in [6, 6.07) is 16.3. The molecule has 4 nitrogen and oxygen atoms in total. The average molecular weight is 369 g/mol. The molecule has 1 unspecified atom stereocenters. The van der Waals surface area contributed by atoms with Crippen LogP contribution in [0.25, 0.3) is 0 Å². The molecule has 2 aromatic carbocycles. The molecule has 1 heterocycles. The van der Waals surface area contributed by atoms with Gasteiger partial charge in [0.25, 0.3) is 0 Å². The van der Waals surface area contributed by atoms with Crippen LogP contribution in [-0.2, 0) is 12.8 Å². The van der Waals surface area contributed by atoms with E-state index in [4.69, 9.17) is 10.5 Å². The predicted molar refractivity (Wildman–Crippen MR) is 110 cm³/mol. The van der Waals surface area contributed by atoms with Crippen molar-refractivity contribution < 1.29 is 9.84 Å². The van der Waals surface area contributed by atoms with Crippen LogP contribution in [-0.4, -0.2) is 29.4 Å². The Bertz CT molecular complexity index is 745. The van der Waals surface area contributed by atoms with Gasteiger partial charge in [0, 0.05) is 30.6 Å². The van der Waals surface area contributed by atoms with Crippen LogP contribution in [0.15, 0.2) is 48.5 Å². The van der Waals surface area contributed by atoms with Gasteiger partial charge in [-0.25, -0.2) is 0 Å². The summed E-state index contributed by atoms with van der Waals surface area (Å²) in [5.41, 5.74) is 9.63. The molecule has 0 amide bonds. The third-order valence-electron chi connectivity index (χ3n) is 5.32. The summed E-state index contributed by atoms with van der Waals surface area (Å²) in [7, 11) is 0. The fraction of sp³-hybridized carbons (Fsp3) is 0.478. The molecule has 0 fully saturated rings. The first kappa shape index (κ1) is 19.9. The second kappa shape index (κ2) is 8.42. The smallest absolute Gasteiger partial charge is 0.124 e. The Balaban J connectivity index is 1.66. The Hall–Kier alpha value is -1.88. The van der Waals surface area contributed by atoms with E-state index in [-0.39, 0.29) is 17.7 Å². The minimum atomic E-state index is -0.603. The Morgan fingerprint density at radius 1 is 1.19 bits per heavy atom. The molecule has 0 saturated heterocycles. The van der Waals surface area contributed by atoms with Gasteiger partial charge in [0.2, 0.25) is 0 Å². The van der Waals surface area contributed by atoms with Crippen LogP contribution in [0.4, 0.5) is 0 Å². The van der Waals surface area contributed by atoms with Gasteiger partial charge in [-0.05, 0) is 43.9 Å². The number of aliphatic hydroxyl groups is 1. The van der Waals surface area contributed by atoms with E-state index in [1.165, 1.54) is 11.1 Å². The van der Waals surface area contributed by atoms with E-state index in [2.05, 4.69) is 44.3 Å². The van der Waals surface area contributed by atoms with Crippen molar-refractivity contribution in [2.24, 2.45) is 5.73 Å². The van der Waals surface area contributed by atoms with Gasteiger partial charge in [-0.1, -0.05) is 49.4 Å². The van der Waals surface area contributed by atoms with Gasteiger partial charge in [-0.3, -0.25) is 0 Å². The number of nitrogens with one attached hydrogen (secondary N) is 1. The lowest BCUT2D eigenvalue weighted by Crippen LogP contribution is -2.46. The van der Waals surface area contributed by atoms with Crippen molar-refractivity contribution in [1.82, 2.24) is 5.32 Å². The second-order valence-corrected chi connectivity index (χ2v) is 8.17. The molecule has 1 aliphatic rings. The highest BCUT2D eigenvalue weighted by Crippen LogP contribution is 2.40. The monoisotopic (exact) mass is 368 g/mol. The van der Waals surface area contributed by atoms with Gasteiger partial charge in [0.05, 0.1) is 6.10 Å². The molecule has 0 saturated carbocycles. The topological polar surface area (TPSA) is 67.5 Å². The van der Waals surface area contributed by atoms with Crippen LogP contribution in [0.1, 0.15) is 49.9 Å². The molecule has 1 aliphatic heterocycles. The number of aryl methyl sites for hydroxylation is 1. The maximum Gasteiger partial charge on any atom is 0.124 e. The summed E-state index contributed by atoms with van der Waals surface area (Å²) in [5.74, 6) is 0.934. The summed E-state index contributed by atoms with van der Waals surface area (Å²) in [5, 5.41) is 14.1. The molecule has 4 N–H and O–H groups in total. The van der Waals surface area contributed by atoms with Gasteiger partial charge in [-0.2, -0.15) is 0 Å². The zero-order valence-corrected chi connectivity index (χ0v) is 16.6. The van der Waals surface area contributed by atoms with Gasteiger partial charge in [0.1, 0.15) is 11.4 Å². The van der Waals surface area contributed by atoms with E-state index < -0.39 is 6.10 Å². The van der Waals surface area contributed by atoms with Crippen LogP contribution < -0.4 is 15.8 Å². The van der Waals surface area contributed by atoms with E-state index in [0.717, 1.165) is 24.2 Å². The lowest BCUT2D eigenvalue weighted by molar-refractivity contribution is 0.0604. The normalized spacial score (nSPS) is 20.4. The Labute approximate surface area is 162 Å². The Morgan fingerprint density at radius 3 is 2.63 bits per heavy atom. The fourth-order valence-corrected chi connectivity index (χ4v) is 3.74. The largest absolute Gasteiger partial charge is 0.487 e. The summed E-state index contributed by atoms with van der Waals surface area (Å²) in [6.07, 6.45) is 1.91. The summed E-state index contributed by atoms with van der Waals surface area (Å²) in [6.45, 7) is 6.83. The van der Waals surface area contributed by atoms with Crippen molar-refractivity contribution in [3.63, 3.8) is 0 Å². The third-order valence-corrected chi connectivity index (χ3v) is 5.32. The highest BCUT2D eigenvalue weighted by atomic mass is 16.5. The first-order valence-electron chi connectivity index (χ1n) is 9.91. The Kier molecular flexibility index (Phi) is 6.20. The third kappa shape index (κ3) is 5.10. The van der Waals surface area contributed by atoms with Crippen molar-refractivity contribution in [1.29, 1.82) is 0 Å². The summed E-state index contributed by atoms with van der Waals surface area (Å²) < 4.78 is 6.16. The quantitative estimate of drug-likeness (QED) is 0.701. The SMILES string of the molecule is CCc1ccc2c(c1)C(NC[C@@H](O)[C@@H](N)Cc1ccccc1)CC(C)(C)O2. The van der Waals surface area contributed by atoms with Crippen molar-refractivity contribution in [2.75, 3.05) is 6.54 Å². The number of hydrogen-bond donors (Lipinski definition) is 3. The van der Waals surface area contributed by atoms with Crippen LogP contribution in [0.5, 0.6) is 5.75 Å². The molecule has 27 heavy (non-hydrogen) atoms. The van der Waals surface area contributed by atoms with Gasteiger partial charge in [0.15, 0.2) is 0 Å². The number of ether oxygens (including phenoxy) is 1. The van der Waals surface area contributed by atoms with Gasteiger partial charge in [-0.15, -0.1) is 0 Å². The molecule has 3 rings (SSSR count). The van der Waals surface area contributed by atoms with Crippen LogP contribution >= 0.6 is 0 Å². The number of aliphatic hydroxyl groups excluding tert-OH is 1. The molecular formula is C23H32N2O2. The van der Waals surface area contributed by atoms with Crippen molar-refractivity contribution in [3.8, 4) is 5.75 Å².